The Morgan fingerprint density at radius 2 is 1.57 bits per heavy atom. The quantitative estimate of drug-likeness (QED) is 0.687. The van der Waals surface area contributed by atoms with Gasteiger partial charge in [-0.2, -0.15) is 0 Å². The van der Waals surface area contributed by atoms with Crippen LogP contribution in [0.2, 0.25) is 0 Å². The first-order chi connectivity index (χ1) is 10.2. The first-order valence-corrected chi connectivity index (χ1v) is 9.22. The Balaban J connectivity index is 1.25. The molecule has 3 heteroatoms. The normalized spacial score (nSPS) is 31.6. The van der Waals surface area contributed by atoms with Crippen LogP contribution in [0.5, 0.6) is 0 Å². The highest BCUT2D eigenvalue weighted by molar-refractivity contribution is 4.92. The van der Waals surface area contributed by atoms with Crippen LogP contribution >= 0.6 is 0 Å². The average Bonchev–Trinajstić information content (AvgIpc) is 3.37. The molecule has 0 aromatic heterocycles. The molecular formula is C18H33NO2. The van der Waals surface area contributed by atoms with Crippen molar-refractivity contribution in [2.45, 2.75) is 70.5 Å². The van der Waals surface area contributed by atoms with E-state index >= 15 is 0 Å². The van der Waals surface area contributed by atoms with E-state index in [0.717, 1.165) is 30.2 Å². The van der Waals surface area contributed by atoms with Gasteiger partial charge in [-0.15, -0.1) is 0 Å². The monoisotopic (exact) mass is 295 g/mol. The van der Waals surface area contributed by atoms with Crippen molar-refractivity contribution < 1.29 is 9.84 Å². The van der Waals surface area contributed by atoms with Gasteiger partial charge in [0.2, 0.25) is 0 Å². The molecule has 3 saturated carbocycles. The second kappa shape index (κ2) is 7.43. The summed E-state index contributed by atoms with van der Waals surface area (Å²) < 4.78 is 5.88. The molecule has 3 fully saturated rings. The van der Waals surface area contributed by atoms with Crippen molar-refractivity contribution in [2.75, 3.05) is 19.7 Å². The van der Waals surface area contributed by atoms with Crippen LogP contribution in [0.1, 0.15) is 58.3 Å². The van der Waals surface area contributed by atoms with Crippen LogP contribution in [0.25, 0.3) is 0 Å². The molecule has 21 heavy (non-hydrogen) atoms. The summed E-state index contributed by atoms with van der Waals surface area (Å²) in [6.07, 6.45) is 10.7. The molecular weight excluding hydrogens is 262 g/mol. The molecule has 2 N–H and O–H groups in total. The first-order valence-electron chi connectivity index (χ1n) is 9.22. The molecule has 0 saturated heterocycles. The second-order valence-corrected chi connectivity index (χ2v) is 7.87. The molecule has 3 aliphatic rings. The zero-order chi connectivity index (χ0) is 14.7. The molecule has 1 unspecified atom stereocenters. The molecule has 0 heterocycles. The minimum absolute atomic E-state index is 0.344. The number of ether oxygens (including phenoxy) is 1. The molecule has 3 aliphatic carbocycles. The van der Waals surface area contributed by atoms with Crippen molar-refractivity contribution >= 4 is 0 Å². The first kappa shape index (κ1) is 15.8. The van der Waals surface area contributed by atoms with Gasteiger partial charge in [0.1, 0.15) is 0 Å². The predicted molar refractivity (Wildman–Crippen MR) is 85.2 cm³/mol. The van der Waals surface area contributed by atoms with Crippen molar-refractivity contribution in [1.82, 2.24) is 5.32 Å². The number of hydrogen-bond acceptors (Lipinski definition) is 3. The Labute approximate surface area is 129 Å². The van der Waals surface area contributed by atoms with Gasteiger partial charge in [0, 0.05) is 6.54 Å². The van der Waals surface area contributed by atoms with Gasteiger partial charge in [-0.1, -0.05) is 6.92 Å². The highest BCUT2D eigenvalue weighted by Crippen LogP contribution is 2.48. The van der Waals surface area contributed by atoms with E-state index in [0.29, 0.717) is 19.3 Å². The Hall–Kier alpha value is -0.120. The van der Waals surface area contributed by atoms with Gasteiger partial charge < -0.3 is 15.2 Å². The van der Waals surface area contributed by atoms with Gasteiger partial charge in [-0.3, -0.25) is 0 Å². The van der Waals surface area contributed by atoms with Crippen LogP contribution in [-0.4, -0.2) is 37.0 Å². The van der Waals surface area contributed by atoms with E-state index in [2.05, 4.69) is 12.2 Å². The molecule has 3 nitrogen and oxygen atoms in total. The number of hydrogen-bond donors (Lipinski definition) is 2. The van der Waals surface area contributed by atoms with Gasteiger partial charge in [0.25, 0.3) is 0 Å². The summed E-state index contributed by atoms with van der Waals surface area (Å²) in [5.41, 5.74) is 0. The maximum absolute atomic E-state index is 10.1. The smallest absolute Gasteiger partial charge is 0.0897 e. The molecule has 3 rings (SSSR count). The Bertz CT molecular complexity index is 294. The summed E-state index contributed by atoms with van der Waals surface area (Å²) in [6.45, 7) is 4.63. The van der Waals surface area contributed by atoms with E-state index in [1.807, 2.05) is 0 Å². The molecule has 0 aliphatic heterocycles. The molecule has 0 spiro atoms. The molecule has 0 radical (unpaired) electrons. The third kappa shape index (κ3) is 5.22. The average molecular weight is 295 g/mol. The summed E-state index contributed by atoms with van der Waals surface area (Å²) in [6, 6.07) is 0. The van der Waals surface area contributed by atoms with E-state index in [4.69, 9.17) is 4.74 Å². The van der Waals surface area contributed by atoms with Crippen LogP contribution < -0.4 is 5.32 Å². The lowest BCUT2D eigenvalue weighted by atomic mass is 9.89. The van der Waals surface area contributed by atoms with Crippen molar-refractivity contribution in [3.63, 3.8) is 0 Å². The van der Waals surface area contributed by atoms with E-state index in [-0.39, 0.29) is 6.10 Å². The SMILES string of the molecule is CC1CCC(OCC(O)CNCC(C2CC2)C2CC2)CC1. The number of aliphatic hydroxyl groups is 1. The summed E-state index contributed by atoms with van der Waals surface area (Å²) in [5.74, 6) is 3.72. The van der Waals surface area contributed by atoms with Gasteiger partial charge >= 0.3 is 0 Å². The third-order valence-corrected chi connectivity index (χ3v) is 5.70. The van der Waals surface area contributed by atoms with Crippen molar-refractivity contribution in [3.05, 3.63) is 0 Å². The van der Waals surface area contributed by atoms with Crippen molar-refractivity contribution in [2.24, 2.45) is 23.7 Å². The fourth-order valence-corrected chi connectivity index (χ4v) is 3.89. The summed E-state index contributed by atoms with van der Waals surface area (Å²) in [5, 5.41) is 13.6. The maximum atomic E-state index is 10.1. The van der Waals surface area contributed by atoms with Gasteiger partial charge in [-0.25, -0.2) is 0 Å². The van der Waals surface area contributed by atoms with Gasteiger partial charge in [-0.05, 0) is 81.6 Å². The number of aliphatic hydroxyl groups excluding tert-OH is 1. The van der Waals surface area contributed by atoms with Crippen LogP contribution in [0, 0.1) is 23.7 Å². The Kier molecular flexibility index (Phi) is 5.58. The number of nitrogens with one attached hydrogen (secondary N) is 1. The molecule has 0 amide bonds. The summed E-state index contributed by atoms with van der Waals surface area (Å²) >= 11 is 0. The molecule has 122 valence electrons. The van der Waals surface area contributed by atoms with E-state index in [1.165, 1.54) is 51.4 Å². The number of rotatable bonds is 9. The minimum atomic E-state index is -0.344. The van der Waals surface area contributed by atoms with E-state index in [1.54, 1.807) is 0 Å². The standard InChI is InChI=1S/C18H33NO2/c1-13-2-8-17(9-3-13)21-12-16(20)10-19-11-18(14-4-5-14)15-6-7-15/h13-20H,2-12H2,1H3. The highest BCUT2D eigenvalue weighted by atomic mass is 16.5. The molecule has 1 atom stereocenters. The van der Waals surface area contributed by atoms with Crippen molar-refractivity contribution in [1.29, 1.82) is 0 Å². The van der Waals surface area contributed by atoms with Crippen LogP contribution in [0.3, 0.4) is 0 Å². The van der Waals surface area contributed by atoms with E-state index in [9.17, 15) is 5.11 Å². The molecule has 0 aromatic carbocycles. The second-order valence-electron chi connectivity index (χ2n) is 7.87. The Morgan fingerprint density at radius 3 is 2.14 bits per heavy atom. The predicted octanol–water partition coefficient (Wildman–Crippen LogP) is 2.97. The fraction of sp³-hybridized carbons (Fsp3) is 1.00. The molecule has 0 aromatic rings. The van der Waals surface area contributed by atoms with Crippen molar-refractivity contribution in [3.8, 4) is 0 Å². The van der Waals surface area contributed by atoms with Crippen LogP contribution in [0.15, 0.2) is 0 Å². The van der Waals surface area contributed by atoms with Gasteiger partial charge in [0.05, 0.1) is 18.8 Å². The van der Waals surface area contributed by atoms with Crippen LogP contribution in [0.4, 0.5) is 0 Å². The highest BCUT2D eigenvalue weighted by Gasteiger charge is 2.40. The topological polar surface area (TPSA) is 41.5 Å². The minimum Gasteiger partial charge on any atom is -0.389 e. The summed E-state index contributed by atoms with van der Waals surface area (Å²) in [4.78, 5) is 0. The Morgan fingerprint density at radius 1 is 0.952 bits per heavy atom. The van der Waals surface area contributed by atoms with E-state index < -0.39 is 0 Å². The third-order valence-electron chi connectivity index (χ3n) is 5.70. The zero-order valence-corrected chi connectivity index (χ0v) is 13.6. The lowest BCUT2D eigenvalue weighted by molar-refractivity contribution is -0.0280. The lowest BCUT2D eigenvalue weighted by Gasteiger charge is -2.27. The molecule has 0 bridgehead atoms. The van der Waals surface area contributed by atoms with Gasteiger partial charge in [0.15, 0.2) is 0 Å². The lowest BCUT2D eigenvalue weighted by Crippen LogP contribution is -2.36. The zero-order valence-electron chi connectivity index (χ0n) is 13.6. The largest absolute Gasteiger partial charge is 0.389 e. The maximum Gasteiger partial charge on any atom is 0.0897 e. The fourth-order valence-electron chi connectivity index (χ4n) is 3.89. The summed E-state index contributed by atoms with van der Waals surface area (Å²) in [7, 11) is 0. The van der Waals surface area contributed by atoms with Crippen LogP contribution in [-0.2, 0) is 4.74 Å².